The molecule has 6 nitrogen and oxygen atoms in total. The summed E-state index contributed by atoms with van der Waals surface area (Å²) in [5, 5.41) is 1.33. The molecule has 0 bridgehead atoms. The van der Waals surface area contributed by atoms with E-state index in [9.17, 15) is 9.18 Å². The van der Waals surface area contributed by atoms with Gasteiger partial charge in [0.1, 0.15) is 28.9 Å². The molecule has 0 saturated carbocycles. The minimum absolute atomic E-state index is 0.181. The lowest BCUT2D eigenvalue weighted by Crippen LogP contribution is -2.44. The Morgan fingerprint density at radius 2 is 1.70 bits per heavy atom. The number of rotatable bonds is 4. The zero-order valence-corrected chi connectivity index (χ0v) is 23.7. The van der Waals surface area contributed by atoms with E-state index in [1.165, 1.54) is 12.1 Å². The van der Waals surface area contributed by atoms with Crippen LogP contribution in [0.25, 0.3) is 33.3 Å². The van der Waals surface area contributed by atoms with Crippen molar-refractivity contribution in [3.05, 3.63) is 76.4 Å². The van der Waals surface area contributed by atoms with E-state index in [0.29, 0.717) is 63.7 Å². The molecule has 2 aromatic heterocycles. The van der Waals surface area contributed by atoms with Gasteiger partial charge in [-0.05, 0) is 56.7 Å². The highest BCUT2D eigenvalue weighted by Crippen LogP contribution is 2.40. The average Bonchev–Trinajstić information content (AvgIpc) is 2.88. The number of amides is 1. The second kappa shape index (κ2) is 11.2. The Labute approximate surface area is 240 Å². The van der Waals surface area contributed by atoms with Crippen LogP contribution in [0.4, 0.5) is 13.6 Å². The van der Waals surface area contributed by atoms with Crippen molar-refractivity contribution < 1.29 is 23.0 Å². The third-order valence-electron chi connectivity index (χ3n) is 6.51. The van der Waals surface area contributed by atoms with E-state index < -0.39 is 17.2 Å². The van der Waals surface area contributed by atoms with Gasteiger partial charge in [0, 0.05) is 60.8 Å². The van der Waals surface area contributed by atoms with Crippen molar-refractivity contribution >= 4 is 40.2 Å². The van der Waals surface area contributed by atoms with Crippen molar-refractivity contribution in [1.82, 2.24) is 14.9 Å². The van der Waals surface area contributed by atoms with Crippen LogP contribution in [0.15, 0.2) is 54.7 Å². The SMILES string of the molecule is CC(C)(C)OC(=O)N1CCC(Oc2cc(-c3ccc(F)cc3F)c3ccnc(-c4c(Cl)cccc4Cl)c3n2)CC1. The Bertz CT molecular complexity index is 1560. The molecule has 10 heteroatoms. The van der Waals surface area contributed by atoms with Crippen LogP contribution < -0.4 is 4.74 Å². The minimum Gasteiger partial charge on any atom is -0.474 e. The standard InChI is InChI=1S/C30H27Cl2F2N3O3/c1-30(2,3)40-29(38)37-13-10-18(11-14-37)39-25-16-21(19-8-7-17(33)15-24(19)34)20-9-12-35-28(27(20)36-25)26-22(31)5-4-6-23(26)32/h4-9,12,15-16,18H,10-11,13-14H2,1-3H3. The Morgan fingerprint density at radius 1 is 1.00 bits per heavy atom. The molecule has 5 rings (SSSR count). The van der Waals surface area contributed by atoms with Gasteiger partial charge >= 0.3 is 6.09 Å². The van der Waals surface area contributed by atoms with Gasteiger partial charge in [0.15, 0.2) is 0 Å². The number of nitrogens with zero attached hydrogens (tertiary/aromatic N) is 3. The molecule has 1 amide bonds. The molecule has 3 heterocycles. The monoisotopic (exact) mass is 585 g/mol. The number of aromatic nitrogens is 2. The first-order chi connectivity index (χ1) is 19.0. The third kappa shape index (κ3) is 5.98. The molecule has 0 atom stereocenters. The third-order valence-corrected chi connectivity index (χ3v) is 7.14. The van der Waals surface area contributed by atoms with Crippen LogP contribution in [0.3, 0.4) is 0 Å². The van der Waals surface area contributed by atoms with Gasteiger partial charge in [-0.15, -0.1) is 0 Å². The zero-order chi connectivity index (χ0) is 28.6. The van der Waals surface area contributed by atoms with Crippen molar-refractivity contribution in [1.29, 1.82) is 0 Å². The highest BCUT2D eigenvalue weighted by molar-refractivity contribution is 6.39. The fourth-order valence-corrected chi connectivity index (χ4v) is 5.26. The van der Waals surface area contributed by atoms with Crippen LogP contribution in [0, 0.1) is 11.6 Å². The lowest BCUT2D eigenvalue weighted by molar-refractivity contribution is 0.0123. The number of ether oxygens (including phenoxy) is 2. The van der Waals surface area contributed by atoms with Crippen molar-refractivity contribution in [2.45, 2.75) is 45.3 Å². The summed E-state index contributed by atoms with van der Waals surface area (Å²) < 4.78 is 40.6. The van der Waals surface area contributed by atoms with E-state index in [1.807, 2.05) is 20.8 Å². The number of hydrogen-bond donors (Lipinski definition) is 0. The lowest BCUT2D eigenvalue weighted by atomic mass is 9.99. The number of carbonyl (C=O) groups is 1. The fraction of sp³-hybridized carbons (Fsp3) is 0.300. The van der Waals surface area contributed by atoms with E-state index in [1.54, 1.807) is 41.4 Å². The maximum absolute atomic E-state index is 15.0. The highest BCUT2D eigenvalue weighted by atomic mass is 35.5. The number of hydrogen-bond acceptors (Lipinski definition) is 5. The van der Waals surface area contributed by atoms with E-state index in [-0.39, 0.29) is 23.6 Å². The molecule has 0 unspecified atom stereocenters. The quantitative estimate of drug-likeness (QED) is 0.241. The summed E-state index contributed by atoms with van der Waals surface area (Å²) in [6.45, 7) is 6.38. The maximum atomic E-state index is 15.0. The first-order valence-corrected chi connectivity index (χ1v) is 13.6. The van der Waals surface area contributed by atoms with Crippen LogP contribution in [-0.4, -0.2) is 45.8 Å². The molecule has 1 saturated heterocycles. The number of piperidine rings is 1. The number of benzene rings is 2. The van der Waals surface area contributed by atoms with Crippen molar-refractivity contribution in [3.8, 4) is 28.3 Å². The average molecular weight is 586 g/mol. The smallest absolute Gasteiger partial charge is 0.410 e. The second-order valence-corrected chi connectivity index (χ2v) is 11.4. The summed E-state index contributed by atoms with van der Waals surface area (Å²) in [5.74, 6) is -1.17. The van der Waals surface area contributed by atoms with Crippen molar-refractivity contribution in [2.75, 3.05) is 13.1 Å². The number of halogens is 4. The first-order valence-electron chi connectivity index (χ1n) is 12.8. The first kappa shape index (κ1) is 28.1. The number of likely N-dealkylation sites (tertiary alicyclic amines) is 1. The van der Waals surface area contributed by atoms with Gasteiger partial charge in [-0.1, -0.05) is 29.3 Å². The highest BCUT2D eigenvalue weighted by Gasteiger charge is 2.28. The normalized spacial score (nSPS) is 14.4. The van der Waals surface area contributed by atoms with E-state index in [0.717, 1.165) is 6.07 Å². The molecule has 0 N–H and O–H groups in total. The topological polar surface area (TPSA) is 64.5 Å². The largest absolute Gasteiger partial charge is 0.474 e. The van der Waals surface area contributed by atoms with Gasteiger partial charge in [-0.3, -0.25) is 4.98 Å². The van der Waals surface area contributed by atoms with Gasteiger partial charge in [0.2, 0.25) is 5.88 Å². The van der Waals surface area contributed by atoms with Crippen LogP contribution in [-0.2, 0) is 4.74 Å². The predicted octanol–water partition coefficient (Wildman–Crippen LogP) is 8.33. The summed E-state index contributed by atoms with van der Waals surface area (Å²) in [7, 11) is 0. The summed E-state index contributed by atoms with van der Waals surface area (Å²) in [5.41, 5.74) is 1.34. The van der Waals surface area contributed by atoms with E-state index in [2.05, 4.69) is 4.98 Å². The van der Waals surface area contributed by atoms with Crippen LogP contribution in [0.1, 0.15) is 33.6 Å². The maximum Gasteiger partial charge on any atom is 0.410 e. The number of fused-ring (bicyclic) bond motifs is 1. The molecular formula is C30H27Cl2F2N3O3. The van der Waals surface area contributed by atoms with E-state index in [4.69, 9.17) is 37.7 Å². The van der Waals surface area contributed by atoms with Crippen LogP contribution >= 0.6 is 23.2 Å². The Balaban J connectivity index is 1.54. The minimum atomic E-state index is -0.724. The van der Waals surface area contributed by atoms with E-state index >= 15 is 4.39 Å². The summed E-state index contributed by atoms with van der Waals surface area (Å²) >= 11 is 13.0. The molecule has 40 heavy (non-hydrogen) atoms. The predicted molar refractivity (Wildman–Crippen MR) is 152 cm³/mol. The molecule has 0 spiro atoms. The molecule has 4 aromatic rings. The summed E-state index contributed by atoms with van der Waals surface area (Å²) in [6.07, 6.45) is 2.05. The summed E-state index contributed by atoms with van der Waals surface area (Å²) in [4.78, 5) is 23.4. The van der Waals surface area contributed by atoms with Crippen molar-refractivity contribution in [3.63, 3.8) is 0 Å². The van der Waals surface area contributed by atoms with Gasteiger partial charge in [-0.2, -0.15) is 0 Å². The Hall–Kier alpha value is -3.49. The van der Waals surface area contributed by atoms with Gasteiger partial charge < -0.3 is 14.4 Å². The molecule has 1 aliphatic rings. The zero-order valence-electron chi connectivity index (χ0n) is 22.2. The van der Waals surface area contributed by atoms with Crippen molar-refractivity contribution in [2.24, 2.45) is 0 Å². The fourth-order valence-electron chi connectivity index (χ4n) is 4.68. The molecule has 208 valence electrons. The molecule has 2 aromatic carbocycles. The second-order valence-electron chi connectivity index (χ2n) is 10.6. The van der Waals surface area contributed by atoms with Gasteiger partial charge in [-0.25, -0.2) is 18.6 Å². The Morgan fingerprint density at radius 3 is 2.35 bits per heavy atom. The lowest BCUT2D eigenvalue weighted by Gasteiger charge is -2.33. The number of carbonyl (C=O) groups excluding carboxylic acids is 1. The van der Waals surface area contributed by atoms with Gasteiger partial charge in [0.25, 0.3) is 0 Å². The molecule has 1 fully saturated rings. The molecule has 1 aliphatic heterocycles. The molecule has 0 aliphatic carbocycles. The number of pyridine rings is 2. The Kier molecular flexibility index (Phi) is 7.84. The van der Waals surface area contributed by atoms with Gasteiger partial charge in [0.05, 0.1) is 15.7 Å². The molecular weight excluding hydrogens is 559 g/mol. The van der Waals surface area contributed by atoms with Crippen LogP contribution in [0.2, 0.25) is 10.0 Å². The van der Waals surface area contributed by atoms with Crippen LogP contribution in [0.5, 0.6) is 5.88 Å². The summed E-state index contributed by atoms with van der Waals surface area (Å²) in [6, 6.07) is 11.9. The molecule has 0 radical (unpaired) electrons.